The molecule has 2 unspecified atom stereocenters. The molecule has 1 saturated carbocycles. The Labute approximate surface area is 153 Å². The Kier molecular flexibility index (Phi) is 6.04. The van der Waals surface area contributed by atoms with Crippen molar-refractivity contribution in [1.82, 2.24) is 10.2 Å². The number of methoxy groups -OCH3 is 1. The molecule has 6 nitrogen and oxygen atoms in total. The molecular formula is C20H26N2O4. The largest absolute Gasteiger partial charge is 0.380 e. The van der Waals surface area contributed by atoms with E-state index in [1.165, 1.54) is 4.90 Å². The van der Waals surface area contributed by atoms with Gasteiger partial charge in [0.1, 0.15) is 0 Å². The van der Waals surface area contributed by atoms with E-state index >= 15 is 0 Å². The Morgan fingerprint density at radius 2 is 1.73 bits per heavy atom. The number of fused-ring (bicyclic) bond motifs is 1. The van der Waals surface area contributed by atoms with Gasteiger partial charge in [-0.1, -0.05) is 37.1 Å². The summed E-state index contributed by atoms with van der Waals surface area (Å²) in [6, 6.07) is 7.77. The van der Waals surface area contributed by atoms with Gasteiger partial charge in [-0.15, -0.1) is 0 Å². The van der Waals surface area contributed by atoms with E-state index in [4.69, 9.17) is 4.74 Å². The topological polar surface area (TPSA) is 75.7 Å². The number of likely N-dealkylation sites (tertiary alicyclic amines) is 1. The zero-order valence-corrected chi connectivity index (χ0v) is 15.2. The van der Waals surface area contributed by atoms with Crippen molar-refractivity contribution in [3.63, 3.8) is 0 Å². The molecule has 1 aliphatic heterocycles. The fourth-order valence-electron chi connectivity index (χ4n) is 3.97. The molecule has 6 heteroatoms. The lowest BCUT2D eigenvalue weighted by atomic mass is 9.81. The molecule has 2 aliphatic rings. The maximum absolute atomic E-state index is 12.4. The average molecular weight is 358 g/mol. The molecule has 140 valence electrons. The van der Waals surface area contributed by atoms with Crippen molar-refractivity contribution in [1.29, 1.82) is 0 Å². The number of benzene rings is 1. The minimum absolute atomic E-state index is 0.0852. The highest BCUT2D eigenvalue weighted by atomic mass is 16.5. The highest BCUT2D eigenvalue weighted by Crippen LogP contribution is 2.37. The quantitative estimate of drug-likeness (QED) is 0.757. The van der Waals surface area contributed by atoms with E-state index < -0.39 is 0 Å². The lowest BCUT2D eigenvalue weighted by Gasteiger charge is -2.19. The van der Waals surface area contributed by atoms with Crippen LogP contribution in [0.1, 0.15) is 43.2 Å². The molecule has 0 spiro atoms. The van der Waals surface area contributed by atoms with Gasteiger partial charge in [-0.25, -0.2) is 0 Å². The molecule has 0 bridgehead atoms. The predicted molar refractivity (Wildman–Crippen MR) is 95.8 cm³/mol. The summed E-state index contributed by atoms with van der Waals surface area (Å²) in [5.74, 6) is -0.635. The second-order valence-electron chi connectivity index (χ2n) is 7.05. The SMILES string of the molecule is COCc1ccccc1CNC(=O)CCN1C(=O)C2CCCCC2C1=O. The summed E-state index contributed by atoms with van der Waals surface area (Å²) >= 11 is 0. The highest BCUT2D eigenvalue weighted by Gasteiger charge is 2.47. The number of imide groups is 1. The molecule has 3 rings (SSSR count). The highest BCUT2D eigenvalue weighted by molar-refractivity contribution is 6.05. The first kappa shape index (κ1) is 18.6. The van der Waals surface area contributed by atoms with E-state index in [0.29, 0.717) is 13.2 Å². The van der Waals surface area contributed by atoms with Crippen molar-refractivity contribution in [2.45, 2.75) is 45.3 Å². The summed E-state index contributed by atoms with van der Waals surface area (Å²) in [5, 5.41) is 2.87. The summed E-state index contributed by atoms with van der Waals surface area (Å²) in [7, 11) is 1.64. The molecule has 1 saturated heterocycles. The van der Waals surface area contributed by atoms with Gasteiger partial charge < -0.3 is 10.1 Å². The number of hydrogen-bond acceptors (Lipinski definition) is 4. The number of carbonyl (C=O) groups is 3. The summed E-state index contributed by atoms with van der Waals surface area (Å²) < 4.78 is 5.17. The third kappa shape index (κ3) is 3.96. The van der Waals surface area contributed by atoms with Crippen LogP contribution in [0, 0.1) is 11.8 Å². The van der Waals surface area contributed by atoms with Gasteiger partial charge in [0.25, 0.3) is 0 Å². The van der Waals surface area contributed by atoms with Crippen molar-refractivity contribution < 1.29 is 19.1 Å². The second-order valence-corrected chi connectivity index (χ2v) is 7.05. The van der Waals surface area contributed by atoms with Gasteiger partial charge >= 0.3 is 0 Å². The Morgan fingerprint density at radius 3 is 2.35 bits per heavy atom. The number of rotatable bonds is 7. The van der Waals surface area contributed by atoms with Crippen molar-refractivity contribution in [2.24, 2.45) is 11.8 Å². The minimum atomic E-state index is -0.160. The zero-order chi connectivity index (χ0) is 18.5. The summed E-state index contributed by atoms with van der Waals surface area (Å²) in [6.45, 7) is 1.08. The fourth-order valence-corrected chi connectivity index (χ4v) is 3.97. The van der Waals surface area contributed by atoms with E-state index in [2.05, 4.69) is 5.32 Å². The second kappa shape index (κ2) is 8.45. The van der Waals surface area contributed by atoms with Crippen molar-refractivity contribution in [3.8, 4) is 0 Å². The van der Waals surface area contributed by atoms with Gasteiger partial charge in [-0.3, -0.25) is 19.3 Å². The first-order valence-electron chi connectivity index (χ1n) is 9.29. The van der Waals surface area contributed by atoms with Crippen LogP contribution in [0.4, 0.5) is 0 Å². The minimum Gasteiger partial charge on any atom is -0.380 e. The molecule has 3 amide bonds. The van der Waals surface area contributed by atoms with Crippen LogP contribution >= 0.6 is 0 Å². The van der Waals surface area contributed by atoms with Gasteiger partial charge in [0.15, 0.2) is 0 Å². The number of hydrogen-bond donors (Lipinski definition) is 1. The molecule has 1 aromatic rings. The van der Waals surface area contributed by atoms with Gasteiger partial charge in [-0.2, -0.15) is 0 Å². The van der Waals surface area contributed by atoms with Crippen LogP contribution in [0.3, 0.4) is 0 Å². The molecule has 1 aliphatic carbocycles. The van der Waals surface area contributed by atoms with Gasteiger partial charge in [0.05, 0.1) is 18.4 Å². The van der Waals surface area contributed by atoms with Crippen molar-refractivity contribution in [2.75, 3.05) is 13.7 Å². The van der Waals surface area contributed by atoms with Gasteiger partial charge in [0.2, 0.25) is 17.7 Å². The van der Waals surface area contributed by atoms with E-state index in [0.717, 1.165) is 36.8 Å². The van der Waals surface area contributed by atoms with Crippen LogP contribution in [0.2, 0.25) is 0 Å². The van der Waals surface area contributed by atoms with Crippen LogP contribution < -0.4 is 5.32 Å². The molecule has 0 aromatic heterocycles. The van der Waals surface area contributed by atoms with E-state index in [1.54, 1.807) is 7.11 Å². The van der Waals surface area contributed by atoms with Crippen LogP contribution in [0.15, 0.2) is 24.3 Å². The molecule has 1 heterocycles. The van der Waals surface area contributed by atoms with E-state index in [-0.39, 0.29) is 42.5 Å². The Balaban J connectivity index is 1.50. The molecule has 2 fully saturated rings. The van der Waals surface area contributed by atoms with E-state index in [1.807, 2.05) is 24.3 Å². The van der Waals surface area contributed by atoms with Crippen LogP contribution in [0.25, 0.3) is 0 Å². The lowest BCUT2D eigenvalue weighted by molar-refractivity contribution is -0.140. The van der Waals surface area contributed by atoms with Crippen molar-refractivity contribution in [3.05, 3.63) is 35.4 Å². The monoisotopic (exact) mass is 358 g/mol. The van der Waals surface area contributed by atoms with E-state index in [9.17, 15) is 14.4 Å². The molecule has 26 heavy (non-hydrogen) atoms. The molecule has 1 aromatic carbocycles. The van der Waals surface area contributed by atoms with Crippen molar-refractivity contribution >= 4 is 17.7 Å². The average Bonchev–Trinajstić information content (AvgIpc) is 2.90. The molecule has 2 atom stereocenters. The molecule has 1 N–H and O–H groups in total. The summed E-state index contributed by atoms with van der Waals surface area (Å²) in [6.07, 6.45) is 3.76. The number of carbonyl (C=O) groups excluding carboxylic acids is 3. The number of nitrogens with zero attached hydrogens (tertiary/aromatic N) is 1. The zero-order valence-electron chi connectivity index (χ0n) is 15.2. The Hall–Kier alpha value is -2.21. The fraction of sp³-hybridized carbons (Fsp3) is 0.550. The predicted octanol–water partition coefficient (Wildman–Crippen LogP) is 2.01. The number of amides is 3. The summed E-state index contributed by atoms with van der Waals surface area (Å²) in [5.41, 5.74) is 2.03. The maximum atomic E-state index is 12.4. The standard InChI is InChI=1S/C20H26N2O4/c1-26-13-15-7-3-2-6-14(15)12-21-18(23)10-11-22-19(24)16-8-4-5-9-17(16)20(22)25/h2-3,6-7,16-17H,4-5,8-13H2,1H3,(H,21,23). The molecular weight excluding hydrogens is 332 g/mol. The summed E-state index contributed by atoms with van der Waals surface area (Å²) in [4.78, 5) is 38.3. The lowest BCUT2D eigenvalue weighted by Crippen LogP contribution is -2.35. The maximum Gasteiger partial charge on any atom is 0.233 e. The first-order chi connectivity index (χ1) is 12.6. The third-order valence-electron chi connectivity index (χ3n) is 5.39. The first-order valence-corrected chi connectivity index (χ1v) is 9.29. The normalized spacial score (nSPS) is 22.4. The van der Waals surface area contributed by atoms with Crippen LogP contribution in [0.5, 0.6) is 0 Å². The third-order valence-corrected chi connectivity index (χ3v) is 5.39. The van der Waals surface area contributed by atoms with Gasteiger partial charge in [-0.05, 0) is 24.0 Å². The van der Waals surface area contributed by atoms with Gasteiger partial charge in [0, 0.05) is 26.6 Å². The molecule has 0 radical (unpaired) electrons. The Bertz CT molecular complexity index is 664. The number of ether oxygens (including phenoxy) is 1. The smallest absolute Gasteiger partial charge is 0.233 e. The Morgan fingerprint density at radius 1 is 1.12 bits per heavy atom. The number of nitrogens with one attached hydrogen (secondary N) is 1. The van der Waals surface area contributed by atoms with Crippen LogP contribution in [-0.4, -0.2) is 36.3 Å². The van der Waals surface area contributed by atoms with Crippen LogP contribution in [-0.2, 0) is 32.3 Å².